The first-order chi connectivity index (χ1) is 11.2. The third kappa shape index (κ3) is 4.13. The number of hydrogen-bond acceptors (Lipinski definition) is 3. The summed E-state index contributed by atoms with van der Waals surface area (Å²) in [6, 6.07) is 15.0. The summed E-state index contributed by atoms with van der Waals surface area (Å²) in [6.45, 7) is 4.19. The molecule has 2 rings (SSSR count). The van der Waals surface area contributed by atoms with Gasteiger partial charge in [-0.3, -0.25) is 4.79 Å². The second-order valence-electron chi connectivity index (χ2n) is 4.98. The monoisotopic (exact) mass is 311 g/mol. The Bertz CT molecular complexity index is 668. The van der Waals surface area contributed by atoms with E-state index in [0.717, 1.165) is 11.3 Å². The molecule has 1 amide bonds. The van der Waals surface area contributed by atoms with Crippen LogP contribution in [0, 0.1) is 0 Å². The van der Waals surface area contributed by atoms with E-state index in [1.807, 2.05) is 48.5 Å². The van der Waals surface area contributed by atoms with Gasteiger partial charge in [-0.25, -0.2) is 0 Å². The molecule has 0 bridgehead atoms. The molecule has 0 aliphatic carbocycles. The summed E-state index contributed by atoms with van der Waals surface area (Å²) in [4.78, 5) is 14.5. The Balaban J connectivity index is 2.26. The van der Waals surface area contributed by atoms with Gasteiger partial charge in [0.15, 0.2) is 0 Å². The molecule has 0 radical (unpaired) electrons. The van der Waals surface area contributed by atoms with Gasteiger partial charge in [0, 0.05) is 17.8 Å². The van der Waals surface area contributed by atoms with Crippen LogP contribution in [0.15, 0.2) is 61.2 Å². The number of methoxy groups -OCH3 is 2. The Morgan fingerprint density at radius 3 is 2.48 bits per heavy atom. The highest BCUT2D eigenvalue weighted by molar-refractivity contribution is 5.95. The minimum absolute atomic E-state index is 0.0253. The zero-order valence-corrected chi connectivity index (χ0v) is 13.5. The standard InChI is InChI=1S/C19H21NO3/c1-4-12-20(16-8-6-5-7-9-16)19(21)14-15-13-17(22-2)10-11-18(15)23-3/h4-11,13H,1,12,14H2,2-3H3. The predicted octanol–water partition coefficient (Wildman–Crippen LogP) is 3.47. The van der Waals surface area contributed by atoms with Crippen molar-refractivity contribution in [2.24, 2.45) is 0 Å². The van der Waals surface area contributed by atoms with Crippen molar-refractivity contribution in [3.63, 3.8) is 0 Å². The van der Waals surface area contributed by atoms with E-state index in [9.17, 15) is 4.79 Å². The van der Waals surface area contributed by atoms with Crippen LogP contribution in [0.2, 0.25) is 0 Å². The lowest BCUT2D eigenvalue weighted by atomic mass is 10.1. The minimum atomic E-state index is -0.0253. The summed E-state index contributed by atoms with van der Waals surface area (Å²) in [5.41, 5.74) is 1.64. The molecule has 120 valence electrons. The van der Waals surface area contributed by atoms with Gasteiger partial charge in [0.05, 0.1) is 20.6 Å². The van der Waals surface area contributed by atoms with Crippen LogP contribution in [0.5, 0.6) is 11.5 Å². The lowest BCUT2D eigenvalue weighted by Crippen LogP contribution is -2.32. The number of amides is 1. The molecule has 4 heteroatoms. The van der Waals surface area contributed by atoms with Crippen molar-refractivity contribution < 1.29 is 14.3 Å². The number of para-hydroxylation sites is 1. The van der Waals surface area contributed by atoms with Gasteiger partial charge >= 0.3 is 0 Å². The smallest absolute Gasteiger partial charge is 0.231 e. The van der Waals surface area contributed by atoms with Crippen LogP contribution in [-0.4, -0.2) is 26.7 Å². The Labute approximate surface area is 137 Å². The van der Waals surface area contributed by atoms with Gasteiger partial charge in [-0.05, 0) is 30.3 Å². The molecular formula is C19H21NO3. The molecule has 0 aliphatic heterocycles. The summed E-state index contributed by atoms with van der Waals surface area (Å²) in [7, 11) is 3.19. The maximum atomic E-state index is 12.8. The Morgan fingerprint density at radius 2 is 1.87 bits per heavy atom. The third-order valence-corrected chi connectivity index (χ3v) is 3.51. The largest absolute Gasteiger partial charge is 0.497 e. The molecule has 0 spiro atoms. The molecule has 0 saturated carbocycles. The first-order valence-corrected chi connectivity index (χ1v) is 7.36. The van der Waals surface area contributed by atoms with E-state index >= 15 is 0 Å². The Kier molecular flexibility index (Phi) is 5.80. The van der Waals surface area contributed by atoms with Crippen LogP contribution < -0.4 is 14.4 Å². The van der Waals surface area contributed by atoms with Gasteiger partial charge in [-0.1, -0.05) is 24.3 Å². The molecule has 2 aromatic rings. The maximum Gasteiger partial charge on any atom is 0.231 e. The SMILES string of the molecule is C=CCN(C(=O)Cc1cc(OC)ccc1OC)c1ccccc1. The molecule has 4 nitrogen and oxygen atoms in total. The van der Waals surface area contributed by atoms with Crippen LogP contribution in [0.3, 0.4) is 0 Å². The molecule has 2 aromatic carbocycles. The number of hydrogen-bond donors (Lipinski definition) is 0. The van der Waals surface area contributed by atoms with E-state index in [0.29, 0.717) is 18.0 Å². The number of nitrogens with zero attached hydrogens (tertiary/aromatic N) is 1. The van der Waals surface area contributed by atoms with Crippen LogP contribution >= 0.6 is 0 Å². The lowest BCUT2D eigenvalue weighted by Gasteiger charge is -2.22. The zero-order valence-electron chi connectivity index (χ0n) is 13.5. The van der Waals surface area contributed by atoms with Gasteiger partial charge in [-0.2, -0.15) is 0 Å². The highest BCUT2D eigenvalue weighted by Gasteiger charge is 2.17. The second kappa shape index (κ2) is 8.03. The minimum Gasteiger partial charge on any atom is -0.497 e. The maximum absolute atomic E-state index is 12.8. The fourth-order valence-electron chi connectivity index (χ4n) is 2.37. The van der Waals surface area contributed by atoms with Gasteiger partial charge in [-0.15, -0.1) is 6.58 Å². The van der Waals surface area contributed by atoms with Crippen molar-refractivity contribution in [3.05, 3.63) is 66.7 Å². The number of anilines is 1. The number of benzene rings is 2. The highest BCUT2D eigenvalue weighted by Crippen LogP contribution is 2.25. The van der Waals surface area contributed by atoms with Crippen molar-refractivity contribution in [1.82, 2.24) is 0 Å². The van der Waals surface area contributed by atoms with Crippen molar-refractivity contribution in [3.8, 4) is 11.5 Å². The van der Waals surface area contributed by atoms with E-state index in [1.165, 1.54) is 0 Å². The third-order valence-electron chi connectivity index (χ3n) is 3.51. The molecule has 0 N–H and O–H groups in total. The number of rotatable bonds is 7. The van der Waals surface area contributed by atoms with E-state index < -0.39 is 0 Å². The Morgan fingerprint density at radius 1 is 1.13 bits per heavy atom. The molecule has 0 heterocycles. The zero-order chi connectivity index (χ0) is 16.7. The van der Waals surface area contributed by atoms with Crippen LogP contribution in [0.1, 0.15) is 5.56 Å². The first-order valence-electron chi connectivity index (χ1n) is 7.36. The molecule has 0 atom stereocenters. The van der Waals surface area contributed by atoms with Crippen molar-refractivity contribution in [2.75, 3.05) is 25.7 Å². The lowest BCUT2D eigenvalue weighted by molar-refractivity contribution is -0.117. The van der Waals surface area contributed by atoms with Gasteiger partial charge in [0.1, 0.15) is 11.5 Å². The van der Waals surface area contributed by atoms with Gasteiger partial charge < -0.3 is 14.4 Å². The Hall–Kier alpha value is -2.75. The molecule has 0 unspecified atom stereocenters. The summed E-state index contributed by atoms with van der Waals surface area (Å²) >= 11 is 0. The first kappa shape index (κ1) is 16.6. The van der Waals surface area contributed by atoms with Gasteiger partial charge in [0.2, 0.25) is 5.91 Å². The van der Waals surface area contributed by atoms with Crippen LogP contribution in [0.25, 0.3) is 0 Å². The van der Waals surface area contributed by atoms with E-state index in [2.05, 4.69) is 6.58 Å². The van der Waals surface area contributed by atoms with Gasteiger partial charge in [0.25, 0.3) is 0 Å². The molecule has 23 heavy (non-hydrogen) atoms. The second-order valence-corrected chi connectivity index (χ2v) is 4.98. The van der Waals surface area contributed by atoms with Crippen LogP contribution in [-0.2, 0) is 11.2 Å². The summed E-state index contributed by atoms with van der Waals surface area (Å²) < 4.78 is 10.6. The van der Waals surface area contributed by atoms with Crippen molar-refractivity contribution in [2.45, 2.75) is 6.42 Å². The molecule has 0 fully saturated rings. The topological polar surface area (TPSA) is 38.8 Å². The van der Waals surface area contributed by atoms with Crippen molar-refractivity contribution in [1.29, 1.82) is 0 Å². The van der Waals surface area contributed by atoms with E-state index in [-0.39, 0.29) is 12.3 Å². The summed E-state index contributed by atoms with van der Waals surface area (Å²) in [5.74, 6) is 1.34. The number of carbonyl (C=O) groups is 1. The fourth-order valence-corrected chi connectivity index (χ4v) is 2.37. The normalized spacial score (nSPS) is 10.0. The van der Waals surface area contributed by atoms with Crippen LogP contribution in [0.4, 0.5) is 5.69 Å². The number of carbonyl (C=O) groups excluding carboxylic acids is 1. The average molecular weight is 311 g/mol. The molecule has 0 saturated heterocycles. The summed E-state index contributed by atoms with van der Waals surface area (Å²) in [6.07, 6.45) is 1.94. The fraction of sp³-hybridized carbons (Fsp3) is 0.211. The number of ether oxygens (including phenoxy) is 2. The average Bonchev–Trinajstić information content (AvgIpc) is 2.60. The summed E-state index contributed by atoms with van der Waals surface area (Å²) in [5, 5.41) is 0. The molecule has 0 aliphatic rings. The van der Waals surface area contributed by atoms with E-state index in [4.69, 9.17) is 9.47 Å². The molecular weight excluding hydrogens is 290 g/mol. The highest BCUT2D eigenvalue weighted by atomic mass is 16.5. The molecule has 0 aromatic heterocycles. The quantitative estimate of drug-likeness (QED) is 0.735. The van der Waals surface area contributed by atoms with Crippen molar-refractivity contribution >= 4 is 11.6 Å². The predicted molar refractivity (Wildman–Crippen MR) is 92.2 cm³/mol. The van der Waals surface area contributed by atoms with E-state index in [1.54, 1.807) is 25.2 Å².